The van der Waals surface area contributed by atoms with Crippen LogP contribution in [0.3, 0.4) is 0 Å². The highest BCUT2D eigenvalue weighted by atomic mass is 79.9. The molecule has 3 heteroatoms. The van der Waals surface area contributed by atoms with Crippen molar-refractivity contribution in [3.8, 4) is 5.75 Å². The van der Waals surface area contributed by atoms with Gasteiger partial charge in [-0.3, -0.25) is 0 Å². The number of aliphatic hydroxyl groups is 1. The predicted molar refractivity (Wildman–Crippen MR) is 56.1 cm³/mol. The van der Waals surface area contributed by atoms with Gasteiger partial charge in [-0.25, -0.2) is 0 Å². The molecule has 0 atom stereocenters. The van der Waals surface area contributed by atoms with Crippen LogP contribution < -0.4 is 4.74 Å². The van der Waals surface area contributed by atoms with Crippen molar-refractivity contribution in [2.75, 3.05) is 13.7 Å². The van der Waals surface area contributed by atoms with E-state index in [1.165, 1.54) is 5.56 Å². The summed E-state index contributed by atoms with van der Waals surface area (Å²) in [7, 11) is 1.65. The molecule has 0 spiro atoms. The van der Waals surface area contributed by atoms with Crippen LogP contribution in [0.2, 0.25) is 0 Å². The number of ether oxygens (including phenoxy) is 1. The van der Waals surface area contributed by atoms with E-state index in [1.807, 2.05) is 18.2 Å². The second-order valence-corrected chi connectivity index (χ2v) is 3.65. The van der Waals surface area contributed by atoms with Gasteiger partial charge in [0.25, 0.3) is 0 Å². The van der Waals surface area contributed by atoms with E-state index >= 15 is 0 Å². The molecule has 0 saturated carbocycles. The number of hydrogen-bond acceptors (Lipinski definition) is 2. The fraction of sp³-hybridized carbons (Fsp3) is 0.400. The lowest BCUT2D eigenvalue weighted by atomic mass is 10.1. The number of aliphatic hydroxyl groups excluding tert-OH is 1. The van der Waals surface area contributed by atoms with E-state index in [0.29, 0.717) is 0 Å². The summed E-state index contributed by atoms with van der Waals surface area (Å²) in [4.78, 5) is 0. The Labute approximate surface area is 86.7 Å². The maximum Gasteiger partial charge on any atom is 0.133 e. The van der Waals surface area contributed by atoms with Gasteiger partial charge in [-0.05, 0) is 46.5 Å². The summed E-state index contributed by atoms with van der Waals surface area (Å²) in [5, 5.41) is 8.66. The van der Waals surface area contributed by atoms with E-state index in [4.69, 9.17) is 9.84 Å². The van der Waals surface area contributed by atoms with E-state index in [2.05, 4.69) is 15.9 Å². The zero-order valence-corrected chi connectivity index (χ0v) is 9.17. The van der Waals surface area contributed by atoms with Crippen LogP contribution >= 0.6 is 15.9 Å². The van der Waals surface area contributed by atoms with Gasteiger partial charge in [0.2, 0.25) is 0 Å². The lowest BCUT2D eigenvalue weighted by Crippen LogP contribution is -1.91. The van der Waals surface area contributed by atoms with Crippen LogP contribution in [0.4, 0.5) is 0 Å². The van der Waals surface area contributed by atoms with Crippen molar-refractivity contribution in [3.05, 3.63) is 28.2 Å². The van der Waals surface area contributed by atoms with Gasteiger partial charge < -0.3 is 9.84 Å². The summed E-state index contributed by atoms with van der Waals surface area (Å²) in [6.45, 7) is 0.240. The highest BCUT2D eigenvalue weighted by Crippen LogP contribution is 2.25. The molecule has 72 valence electrons. The minimum Gasteiger partial charge on any atom is -0.496 e. The Balaban J connectivity index is 2.71. The molecular weight excluding hydrogens is 232 g/mol. The van der Waals surface area contributed by atoms with E-state index in [9.17, 15) is 0 Å². The molecule has 0 aliphatic rings. The Kier molecular flexibility index (Phi) is 4.25. The van der Waals surface area contributed by atoms with E-state index < -0.39 is 0 Å². The van der Waals surface area contributed by atoms with Crippen molar-refractivity contribution in [2.24, 2.45) is 0 Å². The van der Waals surface area contributed by atoms with Crippen LogP contribution in [0.15, 0.2) is 22.7 Å². The molecule has 1 aromatic rings. The molecule has 0 aromatic heterocycles. The molecule has 13 heavy (non-hydrogen) atoms. The largest absolute Gasteiger partial charge is 0.496 e. The Morgan fingerprint density at radius 1 is 1.46 bits per heavy atom. The minimum atomic E-state index is 0.240. The van der Waals surface area contributed by atoms with Crippen molar-refractivity contribution < 1.29 is 9.84 Å². The Hall–Kier alpha value is -0.540. The van der Waals surface area contributed by atoms with Crippen LogP contribution in [0.5, 0.6) is 5.75 Å². The molecule has 0 heterocycles. The second-order valence-electron chi connectivity index (χ2n) is 2.80. The third kappa shape index (κ3) is 3.01. The topological polar surface area (TPSA) is 29.5 Å². The average molecular weight is 245 g/mol. The normalized spacial score (nSPS) is 10.1. The van der Waals surface area contributed by atoms with Crippen molar-refractivity contribution in [2.45, 2.75) is 12.8 Å². The third-order valence-electron chi connectivity index (χ3n) is 1.84. The molecule has 0 aliphatic carbocycles. The molecule has 0 saturated heterocycles. The standard InChI is InChI=1S/C10H13BrO2/c1-13-10-5-4-8(3-2-6-12)7-9(10)11/h4-5,7,12H,2-3,6H2,1H3. The van der Waals surface area contributed by atoms with Crippen LogP contribution in [0.1, 0.15) is 12.0 Å². The summed E-state index contributed by atoms with van der Waals surface area (Å²) in [6, 6.07) is 5.96. The number of halogens is 1. The van der Waals surface area contributed by atoms with Gasteiger partial charge in [0.1, 0.15) is 5.75 Å². The van der Waals surface area contributed by atoms with Gasteiger partial charge in [0, 0.05) is 6.61 Å². The van der Waals surface area contributed by atoms with Gasteiger partial charge in [-0.2, -0.15) is 0 Å². The van der Waals surface area contributed by atoms with Gasteiger partial charge in [0.05, 0.1) is 11.6 Å². The minimum absolute atomic E-state index is 0.240. The highest BCUT2D eigenvalue weighted by Gasteiger charge is 2.00. The maximum atomic E-state index is 8.66. The summed E-state index contributed by atoms with van der Waals surface area (Å²) in [5.74, 6) is 0.841. The van der Waals surface area contributed by atoms with E-state index in [1.54, 1.807) is 7.11 Å². The number of hydrogen-bond donors (Lipinski definition) is 1. The van der Waals surface area contributed by atoms with Gasteiger partial charge in [-0.1, -0.05) is 6.07 Å². The van der Waals surface area contributed by atoms with E-state index in [-0.39, 0.29) is 6.61 Å². The quantitative estimate of drug-likeness (QED) is 0.882. The lowest BCUT2D eigenvalue weighted by molar-refractivity contribution is 0.288. The summed E-state index contributed by atoms with van der Waals surface area (Å²) in [6.07, 6.45) is 1.71. The predicted octanol–water partition coefficient (Wildman–Crippen LogP) is 2.38. The fourth-order valence-electron chi connectivity index (χ4n) is 1.15. The SMILES string of the molecule is COc1ccc(CCCO)cc1Br. The van der Waals surface area contributed by atoms with Crippen molar-refractivity contribution >= 4 is 15.9 Å². The molecule has 0 radical (unpaired) electrons. The first kappa shape index (κ1) is 10.5. The zero-order chi connectivity index (χ0) is 9.68. The molecule has 2 nitrogen and oxygen atoms in total. The fourth-order valence-corrected chi connectivity index (χ4v) is 1.74. The van der Waals surface area contributed by atoms with Crippen molar-refractivity contribution in [3.63, 3.8) is 0 Å². The van der Waals surface area contributed by atoms with Crippen LogP contribution in [0.25, 0.3) is 0 Å². The number of benzene rings is 1. The average Bonchev–Trinajstić information content (AvgIpc) is 2.15. The molecule has 1 rings (SSSR count). The van der Waals surface area contributed by atoms with Crippen molar-refractivity contribution in [1.82, 2.24) is 0 Å². The molecule has 0 bridgehead atoms. The zero-order valence-electron chi connectivity index (χ0n) is 7.59. The summed E-state index contributed by atoms with van der Waals surface area (Å²) >= 11 is 3.41. The Morgan fingerprint density at radius 2 is 2.23 bits per heavy atom. The Morgan fingerprint density at radius 3 is 2.77 bits per heavy atom. The number of methoxy groups -OCH3 is 1. The molecule has 0 aliphatic heterocycles. The molecule has 0 amide bonds. The van der Waals surface area contributed by atoms with Crippen molar-refractivity contribution in [1.29, 1.82) is 0 Å². The summed E-state index contributed by atoms with van der Waals surface area (Å²) in [5.41, 5.74) is 1.21. The lowest BCUT2D eigenvalue weighted by Gasteiger charge is -2.05. The maximum absolute atomic E-state index is 8.66. The molecular formula is C10H13BrO2. The number of rotatable bonds is 4. The Bertz CT molecular complexity index is 274. The van der Waals surface area contributed by atoms with Crippen LogP contribution in [-0.4, -0.2) is 18.8 Å². The smallest absolute Gasteiger partial charge is 0.133 e. The molecule has 0 fully saturated rings. The summed E-state index contributed by atoms with van der Waals surface area (Å²) < 4.78 is 6.07. The first-order valence-corrected chi connectivity index (χ1v) is 5.00. The number of aryl methyl sites for hydroxylation is 1. The first-order valence-electron chi connectivity index (χ1n) is 4.21. The van der Waals surface area contributed by atoms with Gasteiger partial charge in [-0.15, -0.1) is 0 Å². The monoisotopic (exact) mass is 244 g/mol. The molecule has 1 aromatic carbocycles. The van der Waals surface area contributed by atoms with E-state index in [0.717, 1.165) is 23.1 Å². The first-order chi connectivity index (χ1) is 6.27. The third-order valence-corrected chi connectivity index (χ3v) is 2.46. The van der Waals surface area contributed by atoms with Crippen LogP contribution in [-0.2, 0) is 6.42 Å². The second kappa shape index (κ2) is 5.25. The highest BCUT2D eigenvalue weighted by molar-refractivity contribution is 9.10. The van der Waals surface area contributed by atoms with Crippen LogP contribution in [0, 0.1) is 0 Å². The van der Waals surface area contributed by atoms with Gasteiger partial charge >= 0.3 is 0 Å². The van der Waals surface area contributed by atoms with Gasteiger partial charge in [0.15, 0.2) is 0 Å². The molecule has 1 N–H and O–H groups in total. The molecule has 0 unspecified atom stereocenters.